The van der Waals surface area contributed by atoms with Crippen LogP contribution in [-0.2, 0) is 0 Å². The van der Waals surface area contributed by atoms with E-state index in [1.807, 2.05) is 0 Å². The highest BCUT2D eigenvalue weighted by atomic mass is 16.6. The average molecular weight is 280 g/mol. The minimum absolute atomic E-state index is 0.0307. The third kappa shape index (κ3) is 2.13. The van der Waals surface area contributed by atoms with Crippen LogP contribution in [0.1, 0.15) is 0 Å². The molecule has 20 heavy (non-hydrogen) atoms. The van der Waals surface area contributed by atoms with Crippen molar-refractivity contribution in [2.24, 2.45) is 0 Å². The Kier molecular flexibility index (Phi) is 3.29. The van der Waals surface area contributed by atoms with Crippen LogP contribution >= 0.6 is 0 Å². The molecule has 0 amide bonds. The van der Waals surface area contributed by atoms with Gasteiger partial charge in [0.15, 0.2) is 0 Å². The SMILES string of the molecule is COc1nc2cc([N+](=O)[O-])c([N+](=O)[O-])cc2nc1OC. The zero-order valence-electron chi connectivity index (χ0n) is 10.4. The summed E-state index contributed by atoms with van der Waals surface area (Å²) in [6, 6.07) is 1.95. The van der Waals surface area contributed by atoms with Crippen LogP contribution in [0.5, 0.6) is 11.8 Å². The molecular weight excluding hydrogens is 272 g/mol. The molecule has 0 aliphatic heterocycles. The predicted molar refractivity (Wildman–Crippen MR) is 66.0 cm³/mol. The van der Waals surface area contributed by atoms with E-state index in [0.29, 0.717) is 0 Å². The molecule has 0 unspecified atom stereocenters. The summed E-state index contributed by atoms with van der Waals surface area (Å²) in [5.41, 5.74) is -1.13. The topological polar surface area (TPSA) is 131 Å². The Morgan fingerprint density at radius 2 is 1.25 bits per heavy atom. The average Bonchev–Trinajstić information content (AvgIpc) is 2.43. The first-order valence-corrected chi connectivity index (χ1v) is 5.20. The van der Waals surface area contributed by atoms with Gasteiger partial charge in [-0.3, -0.25) is 20.2 Å². The first-order chi connectivity index (χ1) is 9.47. The Morgan fingerprint density at radius 1 is 0.900 bits per heavy atom. The number of rotatable bonds is 4. The van der Waals surface area contributed by atoms with Crippen LogP contribution in [0, 0.1) is 20.2 Å². The quantitative estimate of drug-likeness (QED) is 0.607. The Bertz CT molecular complexity index is 656. The van der Waals surface area contributed by atoms with Crippen molar-refractivity contribution >= 4 is 22.4 Å². The van der Waals surface area contributed by atoms with Gasteiger partial charge in [0, 0.05) is 0 Å². The van der Waals surface area contributed by atoms with Gasteiger partial charge in [0.05, 0.1) is 36.2 Å². The van der Waals surface area contributed by atoms with Crippen LogP contribution < -0.4 is 9.47 Å². The van der Waals surface area contributed by atoms with Crippen LogP contribution in [0.25, 0.3) is 11.0 Å². The molecule has 10 heteroatoms. The molecule has 1 heterocycles. The molecule has 0 aliphatic carbocycles. The second-order valence-electron chi connectivity index (χ2n) is 3.59. The molecule has 0 N–H and O–H groups in total. The number of ether oxygens (including phenoxy) is 2. The summed E-state index contributed by atoms with van der Waals surface area (Å²) >= 11 is 0. The second-order valence-corrected chi connectivity index (χ2v) is 3.59. The summed E-state index contributed by atoms with van der Waals surface area (Å²) in [5, 5.41) is 21.7. The lowest BCUT2D eigenvalue weighted by atomic mass is 10.2. The molecule has 0 aliphatic rings. The summed E-state index contributed by atoms with van der Waals surface area (Å²) < 4.78 is 9.84. The lowest BCUT2D eigenvalue weighted by molar-refractivity contribution is -0.422. The van der Waals surface area contributed by atoms with Gasteiger partial charge in [-0.15, -0.1) is 0 Å². The van der Waals surface area contributed by atoms with Gasteiger partial charge in [-0.1, -0.05) is 0 Å². The molecule has 1 aromatic carbocycles. The summed E-state index contributed by atoms with van der Waals surface area (Å²) in [5.74, 6) is 0.0614. The van der Waals surface area contributed by atoms with Crippen molar-refractivity contribution < 1.29 is 19.3 Å². The lowest BCUT2D eigenvalue weighted by Gasteiger charge is -2.06. The number of nitro benzene ring substituents is 2. The normalized spacial score (nSPS) is 10.3. The standard InChI is InChI=1S/C10H8N4O6/c1-19-9-10(20-2)12-6-4-8(14(17)18)7(13(15)16)3-5(6)11-9/h3-4H,1-2H3. The fourth-order valence-electron chi connectivity index (χ4n) is 1.61. The number of nitrogens with zero attached hydrogens (tertiary/aromatic N) is 4. The number of hydrogen-bond donors (Lipinski definition) is 0. The molecule has 0 saturated heterocycles. The maximum Gasteiger partial charge on any atom is 0.348 e. The summed E-state index contributed by atoms with van der Waals surface area (Å²) in [6.45, 7) is 0. The van der Waals surface area contributed by atoms with Gasteiger partial charge in [0.2, 0.25) is 0 Å². The van der Waals surface area contributed by atoms with Gasteiger partial charge < -0.3 is 9.47 Å². The van der Waals surface area contributed by atoms with Crippen LogP contribution in [0.2, 0.25) is 0 Å². The minimum atomic E-state index is -0.851. The molecule has 1 aromatic heterocycles. The molecule has 2 aromatic rings. The first kappa shape index (κ1) is 13.4. The van der Waals surface area contributed by atoms with Crippen molar-refractivity contribution in [3.05, 3.63) is 32.4 Å². The van der Waals surface area contributed by atoms with Crippen molar-refractivity contribution in [1.29, 1.82) is 0 Å². The highest BCUT2D eigenvalue weighted by Crippen LogP contribution is 2.33. The third-order valence-electron chi connectivity index (χ3n) is 2.48. The zero-order chi connectivity index (χ0) is 14.9. The van der Waals surface area contributed by atoms with Gasteiger partial charge in [0.25, 0.3) is 11.8 Å². The lowest BCUT2D eigenvalue weighted by Crippen LogP contribution is -2.00. The third-order valence-corrected chi connectivity index (χ3v) is 2.48. The smallest absolute Gasteiger partial charge is 0.348 e. The van der Waals surface area contributed by atoms with E-state index < -0.39 is 21.2 Å². The Labute approximate surface area is 111 Å². The molecule has 0 radical (unpaired) electrons. The van der Waals surface area contributed by atoms with Crippen molar-refractivity contribution in [2.75, 3.05) is 14.2 Å². The fourth-order valence-corrected chi connectivity index (χ4v) is 1.61. The maximum atomic E-state index is 10.8. The van der Waals surface area contributed by atoms with Crippen molar-refractivity contribution in [2.45, 2.75) is 0 Å². The van der Waals surface area contributed by atoms with E-state index in [1.54, 1.807) is 0 Å². The summed E-state index contributed by atoms with van der Waals surface area (Å²) in [6.07, 6.45) is 0. The van der Waals surface area contributed by atoms with E-state index in [4.69, 9.17) is 9.47 Å². The van der Waals surface area contributed by atoms with E-state index >= 15 is 0 Å². The van der Waals surface area contributed by atoms with Gasteiger partial charge in [-0.2, -0.15) is 0 Å². The highest BCUT2D eigenvalue weighted by molar-refractivity contribution is 5.83. The Hall–Kier alpha value is -3.04. The second kappa shape index (κ2) is 4.91. The molecule has 0 atom stereocenters. The molecular formula is C10H8N4O6. The number of hydrogen-bond acceptors (Lipinski definition) is 8. The zero-order valence-corrected chi connectivity index (χ0v) is 10.4. The van der Waals surface area contributed by atoms with Crippen molar-refractivity contribution in [3.63, 3.8) is 0 Å². The first-order valence-electron chi connectivity index (χ1n) is 5.20. The van der Waals surface area contributed by atoms with Crippen LogP contribution in [0.4, 0.5) is 11.4 Å². The number of nitro groups is 2. The van der Waals surface area contributed by atoms with Gasteiger partial charge in [-0.05, 0) is 0 Å². The summed E-state index contributed by atoms with van der Waals surface area (Å²) in [7, 11) is 2.66. The molecule has 0 saturated carbocycles. The van der Waals surface area contributed by atoms with Crippen LogP contribution in [-0.4, -0.2) is 34.0 Å². The maximum absolute atomic E-state index is 10.8. The molecule has 2 rings (SSSR count). The minimum Gasteiger partial charge on any atom is -0.477 e. The number of aromatic nitrogens is 2. The van der Waals surface area contributed by atoms with E-state index in [-0.39, 0.29) is 22.8 Å². The Balaban J connectivity index is 2.80. The molecule has 10 nitrogen and oxygen atoms in total. The van der Waals surface area contributed by atoms with Gasteiger partial charge >= 0.3 is 11.4 Å². The monoisotopic (exact) mass is 280 g/mol. The van der Waals surface area contributed by atoms with Crippen LogP contribution in [0.15, 0.2) is 12.1 Å². The van der Waals surface area contributed by atoms with Gasteiger partial charge in [-0.25, -0.2) is 9.97 Å². The predicted octanol–water partition coefficient (Wildman–Crippen LogP) is 1.46. The van der Waals surface area contributed by atoms with Gasteiger partial charge in [0.1, 0.15) is 11.0 Å². The molecule has 0 fully saturated rings. The Morgan fingerprint density at radius 3 is 1.50 bits per heavy atom. The van der Waals surface area contributed by atoms with E-state index in [0.717, 1.165) is 12.1 Å². The van der Waals surface area contributed by atoms with E-state index in [9.17, 15) is 20.2 Å². The number of benzene rings is 1. The van der Waals surface area contributed by atoms with E-state index in [1.165, 1.54) is 14.2 Å². The largest absolute Gasteiger partial charge is 0.477 e. The van der Waals surface area contributed by atoms with E-state index in [2.05, 4.69) is 9.97 Å². The molecule has 0 spiro atoms. The molecule has 104 valence electrons. The van der Waals surface area contributed by atoms with Crippen molar-refractivity contribution in [1.82, 2.24) is 9.97 Å². The molecule has 0 bridgehead atoms. The van der Waals surface area contributed by atoms with Crippen LogP contribution in [0.3, 0.4) is 0 Å². The fraction of sp³-hybridized carbons (Fsp3) is 0.200. The highest BCUT2D eigenvalue weighted by Gasteiger charge is 2.26. The number of fused-ring (bicyclic) bond motifs is 1. The number of methoxy groups -OCH3 is 2. The summed E-state index contributed by atoms with van der Waals surface area (Å²) in [4.78, 5) is 27.9. The van der Waals surface area contributed by atoms with Crippen molar-refractivity contribution in [3.8, 4) is 11.8 Å².